The Kier molecular flexibility index (Phi) is 5.36. The molecule has 0 saturated carbocycles. The monoisotopic (exact) mass is 302 g/mol. The zero-order valence-electron chi connectivity index (χ0n) is 12.4. The molecule has 0 aliphatic rings. The van der Waals surface area contributed by atoms with E-state index >= 15 is 0 Å². The molecule has 5 heteroatoms. The van der Waals surface area contributed by atoms with Crippen molar-refractivity contribution >= 4 is 12.4 Å². The van der Waals surface area contributed by atoms with Gasteiger partial charge in [-0.25, -0.2) is 8.78 Å². The molecule has 3 nitrogen and oxygen atoms in total. The molecule has 0 N–H and O–H groups in total. The van der Waals surface area contributed by atoms with Crippen LogP contribution >= 0.6 is 0 Å². The maximum absolute atomic E-state index is 13.6. The highest BCUT2D eigenvalue weighted by molar-refractivity contribution is 5.82. The number of methoxy groups -OCH3 is 1. The summed E-state index contributed by atoms with van der Waals surface area (Å²) in [5.74, 6) is -0.381. The highest BCUT2D eigenvalue weighted by Crippen LogP contribution is 2.15. The molecule has 0 bridgehead atoms. The first-order chi connectivity index (χ1) is 10.6. The molecule has 2 aromatic carbocycles. The molecule has 0 atom stereocenters. The van der Waals surface area contributed by atoms with E-state index in [0.717, 1.165) is 11.3 Å². The third-order valence-electron chi connectivity index (χ3n) is 3.11. The van der Waals surface area contributed by atoms with Crippen LogP contribution in [0.1, 0.15) is 23.6 Å². The number of halogens is 2. The van der Waals surface area contributed by atoms with Gasteiger partial charge >= 0.3 is 0 Å². The minimum atomic E-state index is -0.567. The van der Waals surface area contributed by atoms with Crippen molar-refractivity contribution in [2.75, 3.05) is 7.11 Å². The molecule has 0 aliphatic carbocycles. The summed E-state index contributed by atoms with van der Waals surface area (Å²) in [5, 5.41) is 7.65. The third-order valence-corrected chi connectivity index (χ3v) is 3.11. The summed E-state index contributed by atoms with van der Waals surface area (Å²) in [6, 6.07) is 9.75. The van der Waals surface area contributed by atoms with E-state index in [1.54, 1.807) is 32.4 Å². The van der Waals surface area contributed by atoms with E-state index < -0.39 is 11.6 Å². The molecule has 0 spiro atoms. The molecule has 0 saturated heterocycles. The Labute approximate surface area is 128 Å². The number of hydrogen-bond donors (Lipinski definition) is 0. The van der Waals surface area contributed by atoms with Gasteiger partial charge in [0.05, 0.1) is 19.5 Å². The second kappa shape index (κ2) is 7.45. The van der Waals surface area contributed by atoms with Crippen molar-refractivity contribution in [3.05, 3.63) is 64.7 Å². The Balaban J connectivity index is 2.07. The standard InChI is InChI=1S/C17H16F2N2O/c1-3-15-16(18)8-13(9-17(15)19)11-21-20-10-12-4-6-14(22-2)7-5-12/h4-11H,3H2,1-2H3. The van der Waals surface area contributed by atoms with Crippen LogP contribution in [-0.2, 0) is 6.42 Å². The zero-order valence-corrected chi connectivity index (χ0v) is 12.4. The smallest absolute Gasteiger partial charge is 0.129 e. The Morgan fingerprint density at radius 1 is 0.955 bits per heavy atom. The predicted molar refractivity (Wildman–Crippen MR) is 83.9 cm³/mol. The van der Waals surface area contributed by atoms with Gasteiger partial charge in [-0.15, -0.1) is 0 Å². The van der Waals surface area contributed by atoms with Gasteiger partial charge in [-0.3, -0.25) is 0 Å². The lowest BCUT2D eigenvalue weighted by Gasteiger charge is -2.02. The van der Waals surface area contributed by atoms with Gasteiger partial charge in [0.2, 0.25) is 0 Å². The molecule has 0 heterocycles. The van der Waals surface area contributed by atoms with Crippen molar-refractivity contribution in [3.8, 4) is 5.75 Å². The number of ether oxygens (including phenoxy) is 1. The molecular formula is C17H16F2N2O. The summed E-state index contributed by atoms with van der Waals surface area (Å²) in [5.41, 5.74) is 1.26. The van der Waals surface area contributed by atoms with Gasteiger partial charge in [0, 0.05) is 11.1 Å². The lowest BCUT2D eigenvalue weighted by molar-refractivity contribution is 0.415. The van der Waals surface area contributed by atoms with Crippen LogP contribution in [0.25, 0.3) is 0 Å². The summed E-state index contributed by atoms with van der Waals surface area (Å²) in [7, 11) is 1.59. The van der Waals surface area contributed by atoms with E-state index in [9.17, 15) is 8.78 Å². The zero-order chi connectivity index (χ0) is 15.9. The van der Waals surface area contributed by atoms with Crippen molar-refractivity contribution in [1.82, 2.24) is 0 Å². The first-order valence-electron chi connectivity index (χ1n) is 6.82. The van der Waals surface area contributed by atoms with Gasteiger partial charge in [-0.05, 0) is 48.4 Å². The lowest BCUT2D eigenvalue weighted by atomic mass is 10.1. The van der Waals surface area contributed by atoms with E-state index in [2.05, 4.69) is 10.2 Å². The molecule has 0 unspecified atom stereocenters. The minimum absolute atomic E-state index is 0.0823. The molecular weight excluding hydrogens is 286 g/mol. The van der Waals surface area contributed by atoms with Gasteiger partial charge < -0.3 is 4.74 Å². The number of rotatable bonds is 5. The highest BCUT2D eigenvalue weighted by Gasteiger charge is 2.08. The second-order valence-electron chi connectivity index (χ2n) is 4.58. The van der Waals surface area contributed by atoms with E-state index in [0.29, 0.717) is 12.0 Å². The maximum atomic E-state index is 13.6. The average molecular weight is 302 g/mol. The van der Waals surface area contributed by atoms with Crippen LogP contribution in [0.2, 0.25) is 0 Å². The fourth-order valence-corrected chi connectivity index (χ4v) is 1.92. The first-order valence-corrected chi connectivity index (χ1v) is 6.82. The number of nitrogens with zero attached hydrogens (tertiary/aromatic N) is 2. The van der Waals surface area contributed by atoms with Crippen LogP contribution in [0, 0.1) is 11.6 Å². The van der Waals surface area contributed by atoms with E-state index in [1.807, 2.05) is 12.1 Å². The molecule has 0 radical (unpaired) electrons. The van der Waals surface area contributed by atoms with Crippen molar-refractivity contribution in [3.63, 3.8) is 0 Å². The molecule has 0 fully saturated rings. The summed E-state index contributed by atoms with van der Waals surface area (Å²) in [6.45, 7) is 1.70. The number of benzene rings is 2. The van der Waals surface area contributed by atoms with E-state index in [4.69, 9.17) is 4.74 Å². The van der Waals surface area contributed by atoms with Crippen LogP contribution < -0.4 is 4.74 Å². The highest BCUT2D eigenvalue weighted by atomic mass is 19.1. The van der Waals surface area contributed by atoms with Crippen LogP contribution in [0.3, 0.4) is 0 Å². The molecule has 2 rings (SSSR count). The van der Waals surface area contributed by atoms with E-state index in [-0.39, 0.29) is 5.56 Å². The Morgan fingerprint density at radius 3 is 2.00 bits per heavy atom. The van der Waals surface area contributed by atoms with Crippen LogP contribution in [0.5, 0.6) is 5.75 Å². The van der Waals surface area contributed by atoms with Gasteiger partial charge in [0.25, 0.3) is 0 Å². The van der Waals surface area contributed by atoms with Crippen molar-refractivity contribution < 1.29 is 13.5 Å². The van der Waals surface area contributed by atoms with Gasteiger partial charge in [-0.2, -0.15) is 10.2 Å². The third kappa shape index (κ3) is 3.97. The molecule has 22 heavy (non-hydrogen) atoms. The predicted octanol–water partition coefficient (Wildman–Crippen LogP) is 3.99. The molecule has 0 aliphatic heterocycles. The van der Waals surface area contributed by atoms with Gasteiger partial charge in [0.15, 0.2) is 0 Å². The summed E-state index contributed by atoms with van der Waals surface area (Å²) in [6.07, 6.45) is 3.17. The Bertz CT molecular complexity index is 671. The van der Waals surface area contributed by atoms with Crippen LogP contribution in [0.4, 0.5) is 8.78 Å². The average Bonchev–Trinajstić information content (AvgIpc) is 2.52. The van der Waals surface area contributed by atoms with Gasteiger partial charge in [0.1, 0.15) is 17.4 Å². The largest absolute Gasteiger partial charge is 0.497 e. The Morgan fingerprint density at radius 2 is 1.50 bits per heavy atom. The fourth-order valence-electron chi connectivity index (χ4n) is 1.92. The number of hydrogen-bond acceptors (Lipinski definition) is 3. The molecule has 114 valence electrons. The van der Waals surface area contributed by atoms with Crippen LogP contribution in [0.15, 0.2) is 46.6 Å². The SMILES string of the molecule is CCc1c(F)cc(C=NN=Cc2ccc(OC)cc2)cc1F. The summed E-state index contributed by atoms with van der Waals surface area (Å²) >= 11 is 0. The van der Waals surface area contributed by atoms with Crippen molar-refractivity contribution in [1.29, 1.82) is 0 Å². The Hall–Kier alpha value is -2.56. The van der Waals surface area contributed by atoms with Gasteiger partial charge in [-0.1, -0.05) is 6.92 Å². The topological polar surface area (TPSA) is 34.0 Å². The fraction of sp³-hybridized carbons (Fsp3) is 0.176. The van der Waals surface area contributed by atoms with Crippen molar-refractivity contribution in [2.24, 2.45) is 10.2 Å². The molecule has 0 amide bonds. The minimum Gasteiger partial charge on any atom is -0.497 e. The molecule has 0 aromatic heterocycles. The second-order valence-corrected chi connectivity index (χ2v) is 4.58. The summed E-state index contributed by atoms with van der Waals surface area (Å²) < 4.78 is 32.3. The maximum Gasteiger partial charge on any atom is 0.129 e. The van der Waals surface area contributed by atoms with Crippen molar-refractivity contribution in [2.45, 2.75) is 13.3 Å². The quantitative estimate of drug-likeness (QED) is 0.607. The summed E-state index contributed by atoms with van der Waals surface area (Å²) in [4.78, 5) is 0. The first kappa shape index (κ1) is 15.8. The lowest BCUT2D eigenvalue weighted by Crippen LogP contribution is -1.96. The van der Waals surface area contributed by atoms with E-state index in [1.165, 1.54) is 18.3 Å². The molecule has 2 aromatic rings. The normalized spacial score (nSPS) is 11.5. The van der Waals surface area contributed by atoms with Crippen LogP contribution in [-0.4, -0.2) is 19.5 Å².